The van der Waals surface area contributed by atoms with Crippen LogP contribution >= 0.6 is 0 Å². The minimum Gasteiger partial charge on any atom is -0.316 e. The maximum atomic E-state index is 3.62. The molecule has 0 radical (unpaired) electrons. The molecule has 0 aromatic heterocycles. The highest BCUT2D eigenvalue weighted by molar-refractivity contribution is 5.03. The molecule has 0 saturated carbocycles. The molecule has 0 unspecified atom stereocenters. The van der Waals surface area contributed by atoms with Crippen LogP contribution in [0.25, 0.3) is 0 Å². The Morgan fingerprint density at radius 2 is 2.21 bits per heavy atom. The molecule has 3 saturated heterocycles. The Kier molecular flexibility index (Phi) is 2.10. The third kappa shape index (κ3) is 1.24. The van der Waals surface area contributed by atoms with Crippen molar-refractivity contribution in [3.05, 3.63) is 0 Å². The first-order valence-corrected chi connectivity index (χ1v) is 6.25. The smallest absolute Gasteiger partial charge is 0.0221 e. The molecule has 3 rings (SSSR count). The van der Waals surface area contributed by atoms with E-state index in [1.54, 1.807) is 0 Å². The summed E-state index contributed by atoms with van der Waals surface area (Å²) in [4.78, 5) is 2.80. The summed E-state index contributed by atoms with van der Waals surface area (Å²) in [6, 6.07) is 0. The molecular formula is C12H22N2. The molecule has 0 amide bonds. The Labute approximate surface area is 87.0 Å². The van der Waals surface area contributed by atoms with Crippen molar-refractivity contribution in [1.29, 1.82) is 0 Å². The van der Waals surface area contributed by atoms with Crippen LogP contribution in [-0.4, -0.2) is 36.6 Å². The zero-order valence-electron chi connectivity index (χ0n) is 9.26. The number of fused-ring (bicyclic) bond motifs is 4. The number of hydrogen-bond donors (Lipinski definition) is 1. The number of piperidine rings is 3. The van der Waals surface area contributed by atoms with E-state index in [2.05, 4.69) is 17.1 Å². The lowest BCUT2D eigenvalue weighted by Crippen LogP contribution is -2.64. The summed E-state index contributed by atoms with van der Waals surface area (Å²) in [7, 11) is 0. The lowest BCUT2D eigenvalue weighted by atomic mass is 9.68. The minimum atomic E-state index is 0.544. The first-order valence-electron chi connectivity index (χ1n) is 6.25. The van der Waals surface area contributed by atoms with Crippen LogP contribution in [0.3, 0.4) is 0 Å². The van der Waals surface area contributed by atoms with Gasteiger partial charge in [-0.3, -0.25) is 4.90 Å². The lowest BCUT2D eigenvalue weighted by molar-refractivity contribution is -0.0581. The molecule has 1 N–H and O–H groups in total. The maximum absolute atomic E-state index is 3.62. The van der Waals surface area contributed by atoms with Crippen molar-refractivity contribution in [1.82, 2.24) is 10.2 Å². The van der Waals surface area contributed by atoms with Crippen molar-refractivity contribution < 1.29 is 0 Å². The molecule has 0 spiro atoms. The van der Waals surface area contributed by atoms with E-state index in [0.717, 1.165) is 11.8 Å². The quantitative estimate of drug-likeness (QED) is 0.628. The second-order valence-electron chi connectivity index (χ2n) is 5.72. The average molecular weight is 194 g/mol. The predicted octanol–water partition coefficient (Wildman–Crippen LogP) is 1.47. The molecule has 2 bridgehead atoms. The fourth-order valence-electron chi connectivity index (χ4n) is 3.92. The summed E-state index contributed by atoms with van der Waals surface area (Å²) in [5, 5.41) is 3.62. The van der Waals surface area contributed by atoms with Gasteiger partial charge in [0.1, 0.15) is 0 Å². The third-order valence-electron chi connectivity index (χ3n) is 4.88. The van der Waals surface area contributed by atoms with Crippen molar-refractivity contribution >= 4 is 0 Å². The van der Waals surface area contributed by atoms with E-state index in [4.69, 9.17) is 0 Å². The standard InChI is InChI=1S/C12H22N2/c1-12-4-2-3-5-14(12)9-10-6-11(12)8-13-7-10/h10-11,13H,2-9H2,1H3/t10-,11+,12+/m1/s1. The van der Waals surface area contributed by atoms with Crippen molar-refractivity contribution in [3.8, 4) is 0 Å². The fraction of sp³-hybridized carbons (Fsp3) is 1.00. The van der Waals surface area contributed by atoms with Gasteiger partial charge in [0.15, 0.2) is 0 Å². The molecule has 3 aliphatic heterocycles. The van der Waals surface area contributed by atoms with Crippen LogP contribution in [0.15, 0.2) is 0 Å². The molecule has 14 heavy (non-hydrogen) atoms. The first kappa shape index (κ1) is 9.17. The molecule has 80 valence electrons. The van der Waals surface area contributed by atoms with Crippen LogP contribution in [0.4, 0.5) is 0 Å². The van der Waals surface area contributed by atoms with Crippen LogP contribution in [0.1, 0.15) is 32.6 Å². The van der Waals surface area contributed by atoms with E-state index in [9.17, 15) is 0 Å². The molecule has 0 aromatic carbocycles. The van der Waals surface area contributed by atoms with Crippen molar-refractivity contribution in [3.63, 3.8) is 0 Å². The molecule has 3 atom stereocenters. The van der Waals surface area contributed by atoms with E-state index >= 15 is 0 Å². The molecule has 2 nitrogen and oxygen atoms in total. The Bertz CT molecular complexity index is 222. The van der Waals surface area contributed by atoms with Gasteiger partial charge in [0.05, 0.1) is 0 Å². The number of rotatable bonds is 0. The highest BCUT2D eigenvalue weighted by Crippen LogP contribution is 2.43. The first-order chi connectivity index (χ1) is 6.79. The maximum Gasteiger partial charge on any atom is 0.0221 e. The summed E-state index contributed by atoms with van der Waals surface area (Å²) in [5.41, 5.74) is 0.544. The van der Waals surface area contributed by atoms with Crippen LogP contribution < -0.4 is 5.32 Å². The van der Waals surface area contributed by atoms with Crippen LogP contribution in [0.2, 0.25) is 0 Å². The SMILES string of the molecule is C[C@@]12CCCCN1C[C@H]1CNC[C@@H]2C1. The van der Waals surface area contributed by atoms with Crippen LogP contribution in [0.5, 0.6) is 0 Å². The summed E-state index contributed by atoms with van der Waals surface area (Å²) in [5.74, 6) is 1.87. The summed E-state index contributed by atoms with van der Waals surface area (Å²) >= 11 is 0. The van der Waals surface area contributed by atoms with Crippen molar-refractivity contribution in [2.24, 2.45) is 11.8 Å². The van der Waals surface area contributed by atoms with Crippen molar-refractivity contribution in [2.75, 3.05) is 26.2 Å². The molecule has 0 aromatic rings. The van der Waals surface area contributed by atoms with Gasteiger partial charge in [-0.1, -0.05) is 6.42 Å². The second-order valence-corrected chi connectivity index (χ2v) is 5.72. The number of hydrogen-bond acceptors (Lipinski definition) is 2. The zero-order chi connectivity index (χ0) is 9.60. The van der Waals surface area contributed by atoms with Gasteiger partial charge in [-0.05, 0) is 57.7 Å². The van der Waals surface area contributed by atoms with Gasteiger partial charge in [0.2, 0.25) is 0 Å². The molecule has 0 aliphatic carbocycles. The number of nitrogens with one attached hydrogen (secondary N) is 1. The average Bonchev–Trinajstić information content (AvgIpc) is 2.21. The van der Waals surface area contributed by atoms with E-state index in [0.29, 0.717) is 5.54 Å². The normalized spacial score (nSPS) is 48.6. The van der Waals surface area contributed by atoms with Gasteiger partial charge in [0, 0.05) is 12.1 Å². The van der Waals surface area contributed by atoms with Gasteiger partial charge < -0.3 is 5.32 Å². The van der Waals surface area contributed by atoms with Crippen LogP contribution in [0, 0.1) is 11.8 Å². The zero-order valence-corrected chi connectivity index (χ0v) is 9.26. The Balaban J connectivity index is 1.86. The highest BCUT2D eigenvalue weighted by Gasteiger charge is 2.47. The highest BCUT2D eigenvalue weighted by atomic mass is 15.2. The van der Waals surface area contributed by atoms with Gasteiger partial charge in [-0.15, -0.1) is 0 Å². The molecular weight excluding hydrogens is 172 g/mol. The van der Waals surface area contributed by atoms with Gasteiger partial charge in [0.25, 0.3) is 0 Å². The molecule has 3 heterocycles. The monoisotopic (exact) mass is 194 g/mol. The Morgan fingerprint density at radius 3 is 3.14 bits per heavy atom. The molecule has 2 heteroatoms. The Morgan fingerprint density at radius 1 is 1.29 bits per heavy atom. The Hall–Kier alpha value is -0.0800. The van der Waals surface area contributed by atoms with Crippen molar-refractivity contribution in [2.45, 2.75) is 38.1 Å². The fourth-order valence-corrected chi connectivity index (χ4v) is 3.92. The van der Waals surface area contributed by atoms with E-state index in [-0.39, 0.29) is 0 Å². The topological polar surface area (TPSA) is 15.3 Å². The summed E-state index contributed by atoms with van der Waals surface area (Å²) < 4.78 is 0. The van der Waals surface area contributed by atoms with Gasteiger partial charge >= 0.3 is 0 Å². The van der Waals surface area contributed by atoms with Gasteiger partial charge in [-0.2, -0.15) is 0 Å². The number of nitrogens with zero attached hydrogens (tertiary/aromatic N) is 1. The van der Waals surface area contributed by atoms with Crippen LogP contribution in [-0.2, 0) is 0 Å². The summed E-state index contributed by atoms with van der Waals surface area (Å²) in [6.07, 6.45) is 5.81. The third-order valence-corrected chi connectivity index (χ3v) is 4.88. The lowest BCUT2D eigenvalue weighted by Gasteiger charge is -2.57. The van der Waals surface area contributed by atoms with E-state index in [1.807, 2.05) is 0 Å². The summed E-state index contributed by atoms with van der Waals surface area (Å²) in [6.45, 7) is 7.77. The second kappa shape index (κ2) is 3.21. The van der Waals surface area contributed by atoms with Gasteiger partial charge in [-0.25, -0.2) is 0 Å². The predicted molar refractivity (Wildman–Crippen MR) is 58.3 cm³/mol. The minimum absolute atomic E-state index is 0.544. The van der Waals surface area contributed by atoms with E-state index in [1.165, 1.54) is 51.9 Å². The molecule has 3 fully saturated rings. The molecule has 3 aliphatic rings. The largest absolute Gasteiger partial charge is 0.316 e. The van der Waals surface area contributed by atoms with E-state index < -0.39 is 0 Å².